The van der Waals surface area contributed by atoms with Crippen LogP contribution in [0.25, 0.3) is 0 Å². The number of nitrogens with zero attached hydrogens (tertiary/aromatic N) is 1. The molecule has 0 saturated heterocycles. The first kappa shape index (κ1) is 15.3. The van der Waals surface area contributed by atoms with Gasteiger partial charge >= 0.3 is 12.5 Å². The van der Waals surface area contributed by atoms with Gasteiger partial charge in [-0.3, -0.25) is 0 Å². The van der Waals surface area contributed by atoms with Gasteiger partial charge in [0, 0.05) is 11.8 Å². The molecule has 0 bridgehead atoms. The Balaban J connectivity index is 3.45. The molecule has 108 valence electrons. The zero-order valence-electron chi connectivity index (χ0n) is 9.19. The lowest BCUT2D eigenvalue weighted by Crippen LogP contribution is -2.20. The first-order chi connectivity index (χ1) is 8.60. The van der Waals surface area contributed by atoms with E-state index in [1.54, 1.807) is 0 Å². The Hall–Kier alpha value is -1.74. The van der Waals surface area contributed by atoms with Gasteiger partial charge in [-0.2, -0.15) is 13.2 Å². The van der Waals surface area contributed by atoms with Crippen LogP contribution in [0.3, 0.4) is 0 Å². The molecule has 0 amide bonds. The first-order valence-electron chi connectivity index (χ1n) is 4.55. The number of rotatable bonds is 3. The highest BCUT2D eigenvalue weighted by Crippen LogP contribution is 2.44. The summed E-state index contributed by atoms with van der Waals surface area (Å²) in [6, 6.07) is 0. The third-order valence-corrected chi connectivity index (χ3v) is 1.92. The maximum atomic E-state index is 12.7. The number of alkyl halides is 7. The van der Waals surface area contributed by atoms with E-state index in [-0.39, 0.29) is 0 Å². The molecule has 0 aliphatic carbocycles. The minimum atomic E-state index is -5.25. The minimum Gasteiger partial charge on any atom is -0.491 e. The van der Waals surface area contributed by atoms with Crippen molar-refractivity contribution in [2.75, 3.05) is 7.11 Å². The first-order valence-corrected chi connectivity index (χ1v) is 4.55. The maximum Gasteiger partial charge on any atom is 0.574 e. The Morgan fingerprint density at radius 3 is 2.11 bits per heavy atom. The third kappa shape index (κ3) is 3.61. The molecule has 1 aromatic rings. The average molecular weight is 293 g/mol. The van der Waals surface area contributed by atoms with Crippen LogP contribution in [0.4, 0.5) is 30.7 Å². The Bertz CT molecular complexity index is 455. The fourth-order valence-corrected chi connectivity index (χ4v) is 1.30. The summed E-state index contributed by atoms with van der Waals surface area (Å²) < 4.78 is 94.0. The number of hydrogen-bond donors (Lipinski definition) is 0. The molecule has 19 heavy (non-hydrogen) atoms. The van der Waals surface area contributed by atoms with Crippen molar-refractivity contribution in [3.8, 4) is 11.6 Å². The summed E-state index contributed by atoms with van der Waals surface area (Å²) in [5, 5.41) is 0. The van der Waals surface area contributed by atoms with Crippen LogP contribution in [0.2, 0.25) is 0 Å². The Morgan fingerprint density at radius 2 is 1.74 bits per heavy atom. The van der Waals surface area contributed by atoms with Crippen molar-refractivity contribution in [1.82, 2.24) is 4.98 Å². The lowest BCUT2D eigenvalue weighted by Gasteiger charge is -2.18. The molecule has 0 fully saturated rings. The second kappa shape index (κ2) is 5.10. The highest BCUT2D eigenvalue weighted by molar-refractivity contribution is 5.47. The van der Waals surface area contributed by atoms with Crippen molar-refractivity contribution in [2.45, 2.75) is 19.2 Å². The molecule has 0 aromatic carbocycles. The van der Waals surface area contributed by atoms with Crippen molar-refractivity contribution < 1.29 is 40.2 Å². The number of ether oxygens (including phenoxy) is 2. The molecule has 0 N–H and O–H groups in total. The normalized spacial score (nSPS) is 12.4. The fraction of sp³-hybridized carbons (Fsp3) is 0.444. The SMILES string of the molecule is COc1c(OC(F)(F)F)ncc(CF)c1C(F)(F)F. The van der Waals surface area contributed by atoms with E-state index in [9.17, 15) is 30.7 Å². The summed E-state index contributed by atoms with van der Waals surface area (Å²) in [7, 11) is 0.692. The van der Waals surface area contributed by atoms with E-state index in [0.29, 0.717) is 13.3 Å². The van der Waals surface area contributed by atoms with Gasteiger partial charge in [0.25, 0.3) is 5.88 Å². The monoisotopic (exact) mass is 293 g/mol. The van der Waals surface area contributed by atoms with E-state index in [0.717, 1.165) is 0 Å². The van der Waals surface area contributed by atoms with Crippen molar-refractivity contribution in [3.63, 3.8) is 0 Å². The number of hydrogen-bond acceptors (Lipinski definition) is 3. The summed E-state index contributed by atoms with van der Waals surface area (Å²) in [6.45, 7) is -1.56. The summed E-state index contributed by atoms with van der Waals surface area (Å²) in [6.07, 6.45) is -10.0. The molecule has 1 heterocycles. The molecule has 0 atom stereocenters. The highest BCUT2D eigenvalue weighted by Gasteiger charge is 2.41. The molecule has 1 rings (SSSR count). The van der Waals surface area contributed by atoms with E-state index in [1.807, 2.05) is 0 Å². The van der Waals surface area contributed by atoms with E-state index < -0.39 is 42.0 Å². The predicted octanol–water partition coefficient (Wildman–Crippen LogP) is 3.48. The van der Waals surface area contributed by atoms with E-state index in [4.69, 9.17) is 0 Å². The van der Waals surface area contributed by atoms with Crippen LogP contribution in [-0.2, 0) is 12.9 Å². The highest BCUT2D eigenvalue weighted by atomic mass is 19.4. The molecule has 0 radical (unpaired) electrons. The van der Waals surface area contributed by atoms with E-state index >= 15 is 0 Å². The number of aromatic nitrogens is 1. The predicted molar refractivity (Wildman–Crippen MR) is 47.3 cm³/mol. The van der Waals surface area contributed by atoms with Crippen molar-refractivity contribution in [2.24, 2.45) is 0 Å². The number of pyridine rings is 1. The Morgan fingerprint density at radius 1 is 1.16 bits per heavy atom. The van der Waals surface area contributed by atoms with Crippen LogP contribution in [0.1, 0.15) is 11.1 Å². The second-order valence-electron chi connectivity index (χ2n) is 3.18. The summed E-state index contributed by atoms with van der Waals surface area (Å²) >= 11 is 0. The third-order valence-electron chi connectivity index (χ3n) is 1.92. The smallest absolute Gasteiger partial charge is 0.491 e. The molecule has 0 aliphatic rings. The summed E-state index contributed by atoms with van der Waals surface area (Å²) in [5.41, 5.74) is -2.63. The van der Waals surface area contributed by atoms with Crippen molar-refractivity contribution in [3.05, 3.63) is 17.3 Å². The van der Waals surface area contributed by atoms with Crippen LogP contribution in [0.15, 0.2) is 6.20 Å². The topological polar surface area (TPSA) is 31.4 Å². The van der Waals surface area contributed by atoms with Gasteiger partial charge in [0.2, 0.25) is 0 Å². The molecule has 10 heteroatoms. The van der Waals surface area contributed by atoms with Gasteiger partial charge in [0.15, 0.2) is 5.75 Å². The van der Waals surface area contributed by atoms with Crippen LogP contribution in [-0.4, -0.2) is 18.5 Å². The maximum absolute atomic E-state index is 12.7. The molecule has 3 nitrogen and oxygen atoms in total. The zero-order chi connectivity index (χ0) is 14.8. The largest absolute Gasteiger partial charge is 0.574 e. The number of methoxy groups -OCH3 is 1. The minimum absolute atomic E-state index is 0.312. The van der Waals surface area contributed by atoms with Crippen LogP contribution in [0.5, 0.6) is 11.6 Å². The second-order valence-corrected chi connectivity index (χ2v) is 3.18. The average Bonchev–Trinajstić information content (AvgIpc) is 2.25. The molecule has 0 aliphatic heterocycles. The van der Waals surface area contributed by atoms with Crippen LogP contribution in [0, 0.1) is 0 Å². The van der Waals surface area contributed by atoms with E-state index in [1.165, 1.54) is 0 Å². The lowest BCUT2D eigenvalue weighted by atomic mass is 10.1. The van der Waals surface area contributed by atoms with Gasteiger partial charge in [-0.25, -0.2) is 9.37 Å². The van der Waals surface area contributed by atoms with E-state index in [2.05, 4.69) is 14.5 Å². The lowest BCUT2D eigenvalue weighted by molar-refractivity contribution is -0.276. The van der Waals surface area contributed by atoms with Gasteiger partial charge in [-0.1, -0.05) is 0 Å². The molecular formula is C9H6F7NO2. The fourth-order valence-electron chi connectivity index (χ4n) is 1.30. The van der Waals surface area contributed by atoms with Gasteiger partial charge < -0.3 is 9.47 Å². The molecule has 0 spiro atoms. The van der Waals surface area contributed by atoms with Gasteiger partial charge in [0.1, 0.15) is 12.2 Å². The molecule has 1 aromatic heterocycles. The zero-order valence-corrected chi connectivity index (χ0v) is 9.19. The van der Waals surface area contributed by atoms with Crippen LogP contribution < -0.4 is 9.47 Å². The van der Waals surface area contributed by atoms with Gasteiger partial charge in [0.05, 0.1) is 7.11 Å². The summed E-state index contributed by atoms with van der Waals surface area (Å²) in [4.78, 5) is 2.97. The standard InChI is InChI=1S/C9H6F7NO2/c1-18-6-5(8(11,12)13)4(2-10)3-17-7(6)19-9(14,15)16/h3H,2H2,1H3. The van der Waals surface area contributed by atoms with Crippen LogP contribution >= 0.6 is 0 Å². The Labute approximate surface area is 101 Å². The quantitative estimate of drug-likeness (QED) is 0.800. The van der Waals surface area contributed by atoms with Crippen molar-refractivity contribution in [1.29, 1.82) is 0 Å². The van der Waals surface area contributed by atoms with Crippen molar-refractivity contribution >= 4 is 0 Å². The Kier molecular flexibility index (Phi) is 4.11. The molecule has 0 saturated carbocycles. The molecular weight excluding hydrogens is 287 g/mol. The summed E-state index contributed by atoms with van der Waals surface area (Å²) in [5.74, 6) is -2.75. The molecule has 0 unspecified atom stereocenters. The number of halogens is 7. The van der Waals surface area contributed by atoms with Gasteiger partial charge in [-0.15, -0.1) is 13.2 Å². The van der Waals surface area contributed by atoms with Gasteiger partial charge in [-0.05, 0) is 0 Å².